The van der Waals surface area contributed by atoms with E-state index in [9.17, 15) is 14.4 Å². The van der Waals surface area contributed by atoms with Crippen LogP contribution in [-0.4, -0.2) is 37.2 Å². The standard InChI is InChI=1S/C52H90O6/c1-4-7-10-13-15-17-19-21-23-25-26-27-29-30-32-34-36-39-42-45-51(54)57-48-49(47-56-50(53)44-41-38-12-9-6-3)58-52(55)46-43-40-37-35-33-31-28-24-22-20-18-16-14-11-8-5-2/h7,10,15,17,21,23-24,26-28,49H,4-6,8-9,11-14,16,18-20,22,25,29-48H2,1-3H3/b10-7-,17-15-,23-21-,27-26-,28-24-. The number of rotatable bonds is 43. The number of hydrogen-bond donors (Lipinski definition) is 0. The van der Waals surface area contributed by atoms with Gasteiger partial charge in [-0.05, 0) is 83.5 Å². The second-order valence-electron chi connectivity index (χ2n) is 16.0. The van der Waals surface area contributed by atoms with Gasteiger partial charge >= 0.3 is 17.9 Å². The van der Waals surface area contributed by atoms with E-state index in [-0.39, 0.29) is 31.1 Å². The smallest absolute Gasteiger partial charge is 0.306 e. The molecule has 0 aromatic carbocycles. The van der Waals surface area contributed by atoms with Gasteiger partial charge in [-0.3, -0.25) is 14.4 Å². The minimum absolute atomic E-state index is 0.0831. The quantitative estimate of drug-likeness (QED) is 0.0264. The van der Waals surface area contributed by atoms with Crippen molar-refractivity contribution in [3.8, 4) is 0 Å². The van der Waals surface area contributed by atoms with Gasteiger partial charge in [0.05, 0.1) is 0 Å². The average Bonchev–Trinajstić information content (AvgIpc) is 3.22. The number of esters is 3. The summed E-state index contributed by atoms with van der Waals surface area (Å²) in [5.41, 5.74) is 0. The van der Waals surface area contributed by atoms with Gasteiger partial charge in [-0.2, -0.15) is 0 Å². The van der Waals surface area contributed by atoms with Crippen molar-refractivity contribution in [3.63, 3.8) is 0 Å². The lowest BCUT2D eigenvalue weighted by Gasteiger charge is -2.18. The Bertz CT molecular complexity index is 1070. The maximum absolute atomic E-state index is 12.7. The Labute approximate surface area is 358 Å². The first-order chi connectivity index (χ1) is 28.5. The van der Waals surface area contributed by atoms with E-state index in [0.29, 0.717) is 19.3 Å². The Kier molecular flexibility index (Phi) is 44.5. The molecule has 334 valence electrons. The molecule has 0 aliphatic carbocycles. The molecule has 0 fully saturated rings. The number of allylic oxidation sites excluding steroid dienone is 10. The first kappa shape index (κ1) is 55.1. The Morgan fingerprint density at radius 2 is 0.672 bits per heavy atom. The van der Waals surface area contributed by atoms with Crippen LogP contribution >= 0.6 is 0 Å². The van der Waals surface area contributed by atoms with Crippen LogP contribution in [0.3, 0.4) is 0 Å². The minimum Gasteiger partial charge on any atom is -0.462 e. The van der Waals surface area contributed by atoms with Gasteiger partial charge < -0.3 is 14.2 Å². The van der Waals surface area contributed by atoms with Crippen molar-refractivity contribution < 1.29 is 28.6 Å². The molecular formula is C52H90O6. The summed E-state index contributed by atoms with van der Waals surface area (Å²) in [6.45, 7) is 6.42. The molecule has 1 atom stereocenters. The lowest BCUT2D eigenvalue weighted by atomic mass is 10.1. The SMILES string of the molecule is CC/C=C\C/C=C\C/C=C\C/C=C\CCCCCCCCC(=O)OCC(COC(=O)CCCCCCC)OC(=O)CCCCCCC/C=C\CCCCCCCCC. The molecule has 1 unspecified atom stereocenters. The van der Waals surface area contributed by atoms with E-state index >= 15 is 0 Å². The lowest BCUT2D eigenvalue weighted by Crippen LogP contribution is -2.30. The second-order valence-corrected chi connectivity index (χ2v) is 16.0. The van der Waals surface area contributed by atoms with E-state index in [1.165, 1.54) is 83.5 Å². The van der Waals surface area contributed by atoms with E-state index in [1.807, 2.05) is 0 Å². The molecular weight excluding hydrogens is 721 g/mol. The monoisotopic (exact) mass is 811 g/mol. The topological polar surface area (TPSA) is 78.9 Å². The largest absolute Gasteiger partial charge is 0.462 e. The molecule has 0 radical (unpaired) electrons. The van der Waals surface area contributed by atoms with Crippen molar-refractivity contribution in [2.45, 2.75) is 239 Å². The average molecular weight is 811 g/mol. The fourth-order valence-corrected chi connectivity index (χ4v) is 6.60. The highest BCUT2D eigenvalue weighted by molar-refractivity contribution is 5.71. The lowest BCUT2D eigenvalue weighted by molar-refractivity contribution is -0.167. The minimum atomic E-state index is -0.779. The van der Waals surface area contributed by atoms with Gasteiger partial charge in [0.1, 0.15) is 13.2 Å². The summed E-state index contributed by atoms with van der Waals surface area (Å²) < 4.78 is 16.6. The summed E-state index contributed by atoms with van der Waals surface area (Å²) in [6, 6.07) is 0. The van der Waals surface area contributed by atoms with Crippen LogP contribution in [0.5, 0.6) is 0 Å². The first-order valence-corrected chi connectivity index (χ1v) is 24.3. The zero-order chi connectivity index (χ0) is 42.3. The number of ether oxygens (including phenoxy) is 3. The molecule has 6 nitrogen and oxygen atoms in total. The third-order valence-electron chi connectivity index (χ3n) is 10.3. The van der Waals surface area contributed by atoms with Crippen LogP contribution in [0.15, 0.2) is 60.8 Å². The van der Waals surface area contributed by atoms with E-state index < -0.39 is 6.10 Å². The Hall–Kier alpha value is -2.89. The molecule has 0 N–H and O–H groups in total. The normalized spacial score (nSPS) is 12.5. The third kappa shape index (κ3) is 44.2. The number of carbonyl (C=O) groups is 3. The number of hydrogen-bond acceptors (Lipinski definition) is 6. The highest BCUT2D eigenvalue weighted by atomic mass is 16.6. The van der Waals surface area contributed by atoms with Crippen molar-refractivity contribution in [2.75, 3.05) is 13.2 Å². The first-order valence-electron chi connectivity index (χ1n) is 24.3. The van der Waals surface area contributed by atoms with Crippen molar-refractivity contribution in [1.29, 1.82) is 0 Å². The molecule has 0 heterocycles. The molecule has 0 saturated heterocycles. The molecule has 0 amide bonds. The van der Waals surface area contributed by atoms with Gasteiger partial charge in [0.2, 0.25) is 0 Å². The molecule has 0 saturated carbocycles. The fraction of sp³-hybridized carbons (Fsp3) is 0.750. The predicted octanol–water partition coefficient (Wildman–Crippen LogP) is 15.7. The Morgan fingerprint density at radius 3 is 1.07 bits per heavy atom. The predicted molar refractivity (Wildman–Crippen MR) is 247 cm³/mol. The molecule has 0 bridgehead atoms. The molecule has 0 aromatic rings. The van der Waals surface area contributed by atoms with Gasteiger partial charge in [0.15, 0.2) is 6.10 Å². The van der Waals surface area contributed by atoms with E-state index in [0.717, 1.165) is 109 Å². The van der Waals surface area contributed by atoms with Gasteiger partial charge in [-0.25, -0.2) is 0 Å². The van der Waals surface area contributed by atoms with Crippen LogP contribution in [0.25, 0.3) is 0 Å². The second kappa shape index (κ2) is 46.8. The van der Waals surface area contributed by atoms with Crippen molar-refractivity contribution in [1.82, 2.24) is 0 Å². The van der Waals surface area contributed by atoms with Crippen LogP contribution in [0, 0.1) is 0 Å². The molecule has 0 rings (SSSR count). The zero-order valence-corrected chi connectivity index (χ0v) is 38.0. The van der Waals surface area contributed by atoms with Crippen LogP contribution in [0.2, 0.25) is 0 Å². The van der Waals surface area contributed by atoms with Gasteiger partial charge in [-0.15, -0.1) is 0 Å². The van der Waals surface area contributed by atoms with Crippen LogP contribution < -0.4 is 0 Å². The summed E-state index contributed by atoms with van der Waals surface area (Å²) in [7, 11) is 0. The Morgan fingerprint density at radius 1 is 0.362 bits per heavy atom. The maximum atomic E-state index is 12.7. The summed E-state index contributed by atoms with van der Waals surface area (Å²) in [5, 5.41) is 0. The third-order valence-corrected chi connectivity index (χ3v) is 10.3. The van der Waals surface area contributed by atoms with Crippen LogP contribution in [0.4, 0.5) is 0 Å². The highest BCUT2D eigenvalue weighted by Gasteiger charge is 2.19. The summed E-state index contributed by atoms with van der Waals surface area (Å²) >= 11 is 0. The van der Waals surface area contributed by atoms with Gasteiger partial charge in [0.25, 0.3) is 0 Å². The van der Waals surface area contributed by atoms with Crippen molar-refractivity contribution in [2.24, 2.45) is 0 Å². The van der Waals surface area contributed by atoms with Crippen LogP contribution in [0.1, 0.15) is 233 Å². The van der Waals surface area contributed by atoms with E-state index in [2.05, 4.69) is 81.5 Å². The van der Waals surface area contributed by atoms with E-state index in [1.54, 1.807) is 0 Å². The maximum Gasteiger partial charge on any atom is 0.306 e. The number of carbonyl (C=O) groups excluding carboxylic acids is 3. The van der Waals surface area contributed by atoms with Crippen molar-refractivity contribution in [3.05, 3.63) is 60.8 Å². The van der Waals surface area contributed by atoms with Crippen LogP contribution in [-0.2, 0) is 28.6 Å². The highest BCUT2D eigenvalue weighted by Crippen LogP contribution is 2.13. The summed E-state index contributed by atoms with van der Waals surface area (Å²) in [6.07, 6.45) is 56.6. The molecule has 0 aliphatic rings. The van der Waals surface area contributed by atoms with Gasteiger partial charge in [0, 0.05) is 19.3 Å². The van der Waals surface area contributed by atoms with Crippen molar-refractivity contribution >= 4 is 17.9 Å². The molecule has 0 aliphatic heterocycles. The zero-order valence-electron chi connectivity index (χ0n) is 38.0. The van der Waals surface area contributed by atoms with Gasteiger partial charge in [-0.1, -0.05) is 191 Å². The molecule has 6 heteroatoms. The fourth-order valence-electron chi connectivity index (χ4n) is 6.60. The summed E-state index contributed by atoms with van der Waals surface area (Å²) in [5.74, 6) is -0.919. The molecule has 0 spiro atoms. The summed E-state index contributed by atoms with van der Waals surface area (Å²) in [4.78, 5) is 37.6. The molecule has 58 heavy (non-hydrogen) atoms. The number of unbranched alkanes of at least 4 members (excludes halogenated alkanes) is 22. The Balaban J connectivity index is 4.23. The molecule has 0 aromatic heterocycles. The van der Waals surface area contributed by atoms with E-state index in [4.69, 9.17) is 14.2 Å².